The molecule has 1 aliphatic carbocycles. The van der Waals surface area contributed by atoms with Crippen molar-refractivity contribution in [2.45, 2.75) is 37.6 Å². The molecule has 0 bridgehead atoms. The third-order valence-corrected chi connectivity index (χ3v) is 3.59. The van der Waals surface area contributed by atoms with Gasteiger partial charge >= 0.3 is 6.18 Å². The average molecular weight is 271 g/mol. The fraction of sp³-hybridized carbons (Fsp3) is 0.500. The van der Waals surface area contributed by atoms with E-state index in [1.165, 1.54) is 6.20 Å². The van der Waals surface area contributed by atoms with Gasteiger partial charge in [-0.05, 0) is 30.0 Å². The van der Waals surface area contributed by atoms with E-state index in [-0.39, 0.29) is 18.5 Å². The summed E-state index contributed by atoms with van der Waals surface area (Å²) in [5, 5.41) is 5.15. The number of fused-ring (bicyclic) bond motifs is 1. The van der Waals surface area contributed by atoms with Gasteiger partial charge in [0.25, 0.3) is 5.91 Å². The molecule has 1 aromatic rings. The Bertz CT molecular complexity index is 538. The molecule has 0 spiro atoms. The van der Waals surface area contributed by atoms with E-state index in [0.717, 1.165) is 11.1 Å². The summed E-state index contributed by atoms with van der Waals surface area (Å²) in [6.07, 6.45) is -2.98. The first-order valence-corrected chi connectivity index (χ1v) is 5.99. The number of hydrogen-bond acceptors (Lipinski definition) is 3. The molecule has 19 heavy (non-hydrogen) atoms. The van der Waals surface area contributed by atoms with E-state index in [1.54, 1.807) is 6.07 Å². The Morgan fingerprint density at radius 1 is 1.32 bits per heavy atom. The molecule has 7 heteroatoms. The van der Waals surface area contributed by atoms with Crippen LogP contribution in [0.1, 0.15) is 34.5 Å². The van der Waals surface area contributed by atoms with Gasteiger partial charge in [-0.1, -0.05) is 0 Å². The van der Waals surface area contributed by atoms with Gasteiger partial charge in [0, 0.05) is 19.3 Å². The van der Waals surface area contributed by atoms with Gasteiger partial charge in [0.15, 0.2) is 0 Å². The van der Waals surface area contributed by atoms with Crippen LogP contribution >= 0.6 is 0 Å². The minimum absolute atomic E-state index is 0.0398. The Kier molecular flexibility index (Phi) is 2.57. The first-order valence-electron chi connectivity index (χ1n) is 5.99. The first-order chi connectivity index (χ1) is 8.91. The van der Waals surface area contributed by atoms with Crippen molar-refractivity contribution in [3.8, 4) is 0 Å². The fourth-order valence-electron chi connectivity index (χ4n) is 2.19. The van der Waals surface area contributed by atoms with Gasteiger partial charge in [0.2, 0.25) is 0 Å². The van der Waals surface area contributed by atoms with Crippen LogP contribution in [0.3, 0.4) is 0 Å². The minimum Gasteiger partial charge on any atom is -0.336 e. The van der Waals surface area contributed by atoms with Crippen molar-refractivity contribution in [2.24, 2.45) is 0 Å². The van der Waals surface area contributed by atoms with Crippen LogP contribution in [0.15, 0.2) is 12.3 Å². The highest BCUT2D eigenvalue weighted by Crippen LogP contribution is 2.49. The number of pyridine rings is 1. The number of carbonyl (C=O) groups is 1. The maximum atomic E-state index is 12.7. The molecule has 0 saturated heterocycles. The molecule has 0 aromatic carbocycles. The number of aromatic nitrogens is 1. The molecule has 0 atom stereocenters. The molecule has 102 valence electrons. The topological polar surface area (TPSA) is 54.0 Å². The van der Waals surface area contributed by atoms with Crippen molar-refractivity contribution < 1.29 is 18.0 Å². The summed E-state index contributed by atoms with van der Waals surface area (Å²) < 4.78 is 38.2. The second kappa shape index (κ2) is 3.93. The van der Waals surface area contributed by atoms with Gasteiger partial charge in [-0.3, -0.25) is 9.78 Å². The molecular weight excluding hydrogens is 259 g/mol. The van der Waals surface area contributed by atoms with Gasteiger partial charge in [0.1, 0.15) is 11.2 Å². The predicted molar refractivity (Wildman–Crippen MR) is 60.3 cm³/mol. The van der Waals surface area contributed by atoms with Crippen LogP contribution in [0.2, 0.25) is 0 Å². The molecular formula is C12H12F3N3O. The highest BCUT2D eigenvalue weighted by atomic mass is 19.4. The van der Waals surface area contributed by atoms with E-state index in [9.17, 15) is 18.0 Å². The van der Waals surface area contributed by atoms with Gasteiger partial charge in [0.05, 0.1) is 0 Å². The molecule has 1 aromatic heterocycles. The lowest BCUT2D eigenvalue weighted by Crippen LogP contribution is -2.48. The molecule has 0 radical (unpaired) electrons. The molecule has 1 aliphatic heterocycles. The number of nitrogens with zero attached hydrogens (tertiary/aromatic N) is 1. The summed E-state index contributed by atoms with van der Waals surface area (Å²) in [4.78, 5) is 15.8. The van der Waals surface area contributed by atoms with Crippen molar-refractivity contribution in [1.82, 2.24) is 15.6 Å². The molecule has 2 aliphatic rings. The molecule has 3 rings (SSSR count). The van der Waals surface area contributed by atoms with Crippen molar-refractivity contribution in [3.63, 3.8) is 0 Å². The number of amides is 1. The van der Waals surface area contributed by atoms with Crippen LogP contribution in [-0.2, 0) is 13.1 Å². The lowest BCUT2D eigenvalue weighted by molar-refractivity contribution is -0.163. The van der Waals surface area contributed by atoms with Crippen LogP contribution in [0.5, 0.6) is 0 Å². The molecule has 4 nitrogen and oxygen atoms in total. The summed E-state index contributed by atoms with van der Waals surface area (Å²) in [6, 6.07) is 1.55. The van der Waals surface area contributed by atoms with Crippen LogP contribution in [0.25, 0.3) is 0 Å². The minimum atomic E-state index is -4.40. The summed E-state index contributed by atoms with van der Waals surface area (Å²) in [5.41, 5.74) is -0.105. The van der Waals surface area contributed by atoms with Crippen molar-refractivity contribution in [3.05, 3.63) is 29.1 Å². The third-order valence-electron chi connectivity index (χ3n) is 3.59. The predicted octanol–water partition coefficient (Wildman–Crippen LogP) is 1.51. The second-order valence-electron chi connectivity index (χ2n) is 4.98. The Morgan fingerprint density at radius 3 is 2.63 bits per heavy atom. The Labute approximate surface area is 107 Å². The van der Waals surface area contributed by atoms with E-state index in [0.29, 0.717) is 13.1 Å². The number of rotatable bonds is 2. The SMILES string of the molecule is O=C(NC1(C(F)(F)F)CC1)c1cc2c(cn1)CNC2. The van der Waals surface area contributed by atoms with Crippen molar-refractivity contribution in [2.75, 3.05) is 0 Å². The maximum Gasteiger partial charge on any atom is 0.411 e. The van der Waals surface area contributed by atoms with E-state index < -0.39 is 17.6 Å². The van der Waals surface area contributed by atoms with E-state index in [1.807, 2.05) is 0 Å². The standard InChI is InChI=1S/C12H12F3N3O/c13-12(14,15)11(1-2-11)18-10(19)9-3-7-4-16-5-8(7)6-17-9/h3,6,16H,1-2,4-5H2,(H,18,19). The van der Waals surface area contributed by atoms with Crippen molar-refractivity contribution in [1.29, 1.82) is 0 Å². The van der Waals surface area contributed by atoms with Crippen molar-refractivity contribution >= 4 is 5.91 Å². The number of carbonyl (C=O) groups excluding carboxylic acids is 1. The Morgan fingerprint density at radius 2 is 2.00 bits per heavy atom. The Balaban J connectivity index is 1.78. The molecule has 1 amide bonds. The summed E-state index contributed by atoms with van der Waals surface area (Å²) >= 11 is 0. The second-order valence-corrected chi connectivity index (χ2v) is 4.98. The van der Waals surface area contributed by atoms with Crippen LogP contribution in [-0.4, -0.2) is 22.6 Å². The molecule has 1 saturated carbocycles. The summed E-state index contributed by atoms with van der Waals surface area (Å²) in [7, 11) is 0. The zero-order valence-electron chi connectivity index (χ0n) is 9.97. The molecule has 2 N–H and O–H groups in total. The van der Waals surface area contributed by atoms with Gasteiger partial charge in [-0.25, -0.2) is 0 Å². The zero-order chi connectivity index (χ0) is 13.7. The normalized spacial score (nSPS) is 19.9. The van der Waals surface area contributed by atoms with Gasteiger partial charge in [-0.15, -0.1) is 0 Å². The third kappa shape index (κ3) is 2.07. The number of hydrogen-bond donors (Lipinski definition) is 2. The smallest absolute Gasteiger partial charge is 0.336 e. The van der Waals surface area contributed by atoms with E-state index >= 15 is 0 Å². The maximum absolute atomic E-state index is 12.7. The monoisotopic (exact) mass is 271 g/mol. The largest absolute Gasteiger partial charge is 0.411 e. The first kappa shape index (κ1) is 12.4. The number of nitrogens with one attached hydrogen (secondary N) is 2. The quantitative estimate of drug-likeness (QED) is 0.857. The molecule has 2 heterocycles. The van der Waals surface area contributed by atoms with Crippen LogP contribution in [0.4, 0.5) is 13.2 Å². The van der Waals surface area contributed by atoms with Gasteiger partial charge in [-0.2, -0.15) is 13.2 Å². The summed E-state index contributed by atoms with van der Waals surface area (Å²) in [6.45, 7) is 1.29. The van der Waals surface area contributed by atoms with E-state index in [2.05, 4.69) is 15.6 Å². The lowest BCUT2D eigenvalue weighted by atomic mass is 10.1. The fourth-order valence-corrected chi connectivity index (χ4v) is 2.19. The average Bonchev–Trinajstić information content (AvgIpc) is 2.99. The van der Waals surface area contributed by atoms with Crippen LogP contribution < -0.4 is 10.6 Å². The molecule has 1 fully saturated rings. The number of halogens is 3. The van der Waals surface area contributed by atoms with E-state index in [4.69, 9.17) is 0 Å². The molecule has 0 unspecified atom stereocenters. The van der Waals surface area contributed by atoms with Crippen LogP contribution in [0, 0.1) is 0 Å². The summed E-state index contributed by atoms with van der Waals surface area (Å²) in [5.74, 6) is -0.760. The lowest BCUT2D eigenvalue weighted by Gasteiger charge is -2.20. The van der Waals surface area contributed by atoms with Gasteiger partial charge < -0.3 is 10.6 Å². The zero-order valence-corrected chi connectivity index (χ0v) is 9.97. The highest BCUT2D eigenvalue weighted by molar-refractivity contribution is 5.93. The number of alkyl halides is 3. The highest BCUT2D eigenvalue weighted by Gasteiger charge is 2.64. The Hall–Kier alpha value is -1.63.